The Morgan fingerprint density at radius 2 is 2.12 bits per heavy atom. The molecule has 1 aromatic rings. The van der Waals surface area contributed by atoms with Crippen LogP contribution in [0.15, 0.2) is 24.3 Å². The van der Waals surface area contributed by atoms with Gasteiger partial charge in [-0.3, -0.25) is 0 Å². The first-order valence-electron chi connectivity index (χ1n) is 8.62. The fraction of sp³-hybridized carbons (Fsp3) is 0.611. The average Bonchev–Trinajstić information content (AvgIpc) is 3.05. The quantitative estimate of drug-likeness (QED) is 0.919. The van der Waals surface area contributed by atoms with Crippen LogP contribution in [0, 0.1) is 11.7 Å². The van der Waals surface area contributed by atoms with Gasteiger partial charge in [-0.1, -0.05) is 18.2 Å². The van der Waals surface area contributed by atoms with E-state index in [-0.39, 0.29) is 17.8 Å². The number of rotatable bonds is 4. The van der Waals surface area contributed by atoms with E-state index in [0.29, 0.717) is 38.3 Å². The van der Waals surface area contributed by atoms with Gasteiger partial charge in [-0.2, -0.15) is 0 Å². The Kier molecular flexibility index (Phi) is 5.36. The summed E-state index contributed by atoms with van der Waals surface area (Å²) < 4.78 is 25.1. The number of urea groups is 1. The van der Waals surface area contributed by atoms with Crippen LogP contribution in [0.5, 0.6) is 0 Å². The molecule has 2 aliphatic heterocycles. The number of carbonyl (C=O) groups excluding carboxylic acids is 1. The SMILES string of the molecule is CC1([C@H]2CCCN(C(=O)NCCc3ccccc3F)C2)OCCO1. The fourth-order valence-corrected chi connectivity index (χ4v) is 3.47. The Morgan fingerprint density at radius 1 is 1.38 bits per heavy atom. The fourth-order valence-electron chi connectivity index (χ4n) is 3.47. The van der Waals surface area contributed by atoms with Crippen LogP contribution in [0.2, 0.25) is 0 Å². The number of benzene rings is 1. The van der Waals surface area contributed by atoms with Gasteiger partial charge in [0.05, 0.1) is 13.2 Å². The third-order valence-corrected chi connectivity index (χ3v) is 4.94. The van der Waals surface area contributed by atoms with Gasteiger partial charge in [0.2, 0.25) is 0 Å². The molecule has 2 heterocycles. The van der Waals surface area contributed by atoms with Crippen LogP contribution in [0.3, 0.4) is 0 Å². The second kappa shape index (κ2) is 7.49. The summed E-state index contributed by atoms with van der Waals surface area (Å²) in [5.41, 5.74) is 0.620. The zero-order chi connectivity index (χ0) is 17.0. The number of carbonyl (C=O) groups is 1. The minimum absolute atomic E-state index is 0.0994. The molecule has 2 saturated heterocycles. The summed E-state index contributed by atoms with van der Waals surface area (Å²) in [6.07, 6.45) is 2.42. The molecule has 132 valence electrons. The number of piperidine rings is 1. The number of halogens is 1. The lowest BCUT2D eigenvalue weighted by Gasteiger charge is -2.39. The van der Waals surface area contributed by atoms with E-state index < -0.39 is 5.79 Å². The first-order chi connectivity index (χ1) is 11.6. The maximum absolute atomic E-state index is 13.6. The van der Waals surface area contributed by atoms with E-state index in [2.05, 4.69) is 5.32 Å². The smallest absolute Gasteiger partial charge is 0.317 e. The zero-order valence-corrected chi connectivity index (χ0v) is 14.1. The maximum Gasteiger partial charge on any atom is 0.317 e. The molecule has 0 bridgehead atoms. The van der Waals surface area contributed by atoms with Crippen molar-refractivity contribution in [2.24, 2.45) is 5.92 Å². The second-order valence-electron chi connectivity index (χ2n) is 6.57. The number of amides is 2. The Bertz CT molecular complexity index is 575. The largest absolute Gasteiger partial charge is 0.347 e. The highest BCUT2D eigenvalue weighted by Gasteiger charge is 2.42. The summed E-state index contributed by atoms with van der Waals surface area (Å²) in [4.78, 5) is 14.2. The number of likely N-dealkylation sites (tertiary alicyclic amines) is 1. The van der Waals surface area contributed by atoms with Crippen molar-refractivity contribution in [2.75, 3.05) is 32.8 Å². The third kappa shape index (κ3) is 3.87. The molecule has 0 radical (unpaired) electrons. The highest BCUT2D eigenvalue weighted by molar-refractivity contribution is 5.74. The summed E-state index contributed by atoms with van der Waals surface area (Å²) in [5, 5.41) is 2.89. The topological polar surface area (TPSA) is 50.8 Å². The lowest BCUT2D eigenvalue weighted by Crippen LogP contribution is -2.51. The Morgan fingerprint density at radius 3 is 2.88 bits per heavy atom. The van der Waals surface area contributed by atoms with Gasteiger partial charge >= 0.3 is 6.03 Å². The molecule has 2 aliphatic rings. The molecule has 2 fully saturated rings. The first-order valence-corrected chi connectivity index (χ1v) is 8.62. The van der Waals surface area contributed by atoms with Crippen LogP contribution in [-0.4, -0.2) is 49.6 Å². The highest BCUT2D eigenvalue weighted by atomic mass is 19.1. The molecular formula is C18H25FN2O3. The average molecular weight is 336 g/mol. The molecule has 1 N–H and O–H groups in total. The zero-order valence-electron chi connectivity index (χ0n) is 14.1. The van der Waals surface area contributed by atoms with E-state index >= 15 is 0 Å². The van der Waals surface area contributed by atoms with Gasteiger partial charge in [-0.25, -0.2) is 9.18 Å². The van der Waals surface area contributed by atoms with Crippen LogP contribution in [0.4, 0.5) is 9.18 Å². The van der Waals surface area contributed by atoms with Crippen molar-refractivity contribution in [1.29, 1.82) is 0 Å². The van der Waals surface area contributed by atoms with Crippen molar-refractivity contribution in [1.82, 2.24) is 10.2 Å². The van der Waals surface area contributed by atoms with Gasteiger partial charge < -0.3 is 19.7 Å². The number of nitrogens with zero attached hydrogens (tertiary/aromatic N) is 1. The van der Waals surface area contributed by atoms with E-state index in [1.54, 1.807) is 18.2 Å². The summed E-state index contributed by atoms with van der Waals surface area (Å²) in [6.45, 7) is 4.97. The molecular weight excluding hydrogens is 311 g/mol. The van der Waals surface area contributed by atoms with Gasteiger partial charge in [0.25, 0.3) is 0 Å². The molecule has 5 nitrogen and oxygen atoms in total. The minimum atomic E-state index is -0.577. The Hall–Kier alpha value is -1.66. The standard InChI is InChI=1S/C18H25FN2O3/c1-18(23-11-12-24-18)15-6-4-10-21(13-15)17(22)20-9-8-14-5-2-3-7-16(14)19/h2-3,5,7,15H,4,6,8-13H2,1H3,(H,20,22)/t15-/m0/s1. The molecule has 0 aromatic heterocycles. The van der Waals surface area contributed by atoms with Gasteiger partial charge in [-0.15, -0.1) is 0 Å². The summed E-state index contributed by atoms with van der Waals surface area (Å²) in [5.74, 6) is -0.620. The second-order valence-corrected chi connectivity index (χ2v) is 6.57. The predicted molar refractivity (Wildman–Crippen MR) is 88.1 cm³/mol. The Balaban J connectivity index is 1.49. The maximum atomic E-state index is 13.6. The first kappa shape index (κ1) is 17.2. The molecule has 0 unspecified atom stereocenters. The van der Waals surface area contributed by atoms with Crippen molar-refractivity contribution < 1.29 is 18.7 Å². The molecule has 0 spiro atoms. The lowest BCUT2D eigenvalue weighted by molar-refractivity contribution is -0.189. The highest BCUT2D eigenvalue weighted by Crippen LogP contribution is 2.34. The summed E-state index contributed by atoms with van der Waals surface area (Å²) >= 11 is 0. The van der Waals surface area contributed by atoms with Crippen molar-refractivity contribution in [3.8, 4) is 0 Å². The van der Waals surface area contributed by atoms with E-state index in [1.807, 2.05) is 11.8 Å². The van der Waals surface area contributed by atoms with E-state index in [1.165, 1.54) is 6.07 Å². The van der Waals surface area contributed by atoms with Crippen LogP contribution in [0.1, 0.15) is 25.3 Å². The molecule has 24 heavy (non-hydrogen) atoms. The van der Waals surface area contributed by atoms with Crippen LogP contribution < -0.4 is 5.32 Å². The van der Waals surface area contributed by atoms with Crippen molar-refractivity contribution in [3.63, 3.8) is 0 Å². The monoisotopic (exact) mass is 336 g/mol. The third-order valence-electron chi connectivity index (χ3n) is 4.94. The number of hydrogen-bond donors (Lipinski definition) is 1. The normalized spacial score (nSPS) is 23.2. The van der Waals surface area contributed by atoms with Crippen molar-refractivity contribution in [2.45, 2.75) is 32.0 Å². The number of hydrogen-bond acceptors (Lipinski definition) is 3. The lowest BCUT2D eigenvalue weighted by atomic mass is 9.90. The molecule has 1 atom stereocenters. The molecule has 2 amide bonds. The molecule has 0 saturated carbocycles. The van der Waals surface area contributed by atoms with Crippen LogP contribution in [0.25, 0.3) is 0 Å². The van der Waals surface area contributed by atoms with E-state index in [0.717, 1.165) is 19.4 Å². The summed E-state index contributed by atoms with van der Waals surface area (Å²) in [7, 11) is 0. The van der Waals surface area contributed by atoms with Crippen LogP contribution in [-0.2, 0) is 15.9 Å². The van der Waals surface area contributed by atoms with Gasteiger partial charge in [0.1, 0.15) is 5.82 Å². The predicted octanol–water partition coefficient (Wildman–Crippen LogP) is 2.55. The Labute approximate surface area is 142 Å². The van der Waals surface area contributed by atoms with Crippen molar-refractivity contribution >= 4 is 6.03 Å². The van der Waals surface area contributed by atoms with Crippen molar-refractivity contribution in [3.05, 3.63) is 35.6 Å². The minimum Gasteiger partial charge on any atom is -0.347 e. The molecule has 0 aliphatic carbocycles. The molecule has 1 aromatic carbocycles. The van der Waals surface area contributed by atoms with E-state index in [4.69, 9.17) is 9.47 Å². The van der Waals surface area contributed by atoms with Gasteiger partial charge in [-0.05, 0) is 37.8 Å². The van der Waals surface area contributed by atoms with Gasteiger partial charge in [0.15, 0.2) is 5.79 Å². The number of nitrogens with one attached hydrogen (secondary N) is 1. The molecule has 3 rings (SSSR count). The van der Waals surface area contributed by atoms with Gasteiger partial charge in [0, 0.05) is 25.6 Å². The summed E-state index contributed by atoms with van der Waals surface area (Å²) in [6, 6.07) is 6.55. The number of ether oxygens (including phenoxy) is 2. The van der Waals surface area contributed by atoms with Crippen LogP contribution >= 0.6 is 0 Å². The van der Waals surface area contributed by atoms with E-state index in [9.17, 15) is 9.18 Å². The molecule has 6 heteroatoms.